The Labute approximate surface area is 106 Å². The van der Waals surface area contributed by atoms with Crippen LogP contribution in [0, 0.1) is 0 Å². The van der Waals surface area contributed by atoms with Crippen LogP contribution in [0.3, 0.4) is 0 Å². The zero-order valence-electron chi connectivity index (χ0n) is 10.4. The topological polar surface area (TPSA) is 51.0 Å². The summed E-state index contributed by atoms with van der Waals surface area (Å²) >= 11 is 0. The van der Waals surface area contributed by atoms with E-state index in [1.54, 1.807) is 6.92 Å². The molecule has 1 aromatic rings. The first-order valence-corrected chi connectivity index (χ1v) is 5.75. The van der Waals surface area contributed by atoms with Crippen LogP contribution in [0.25, 0.3) is 0 Å². The molecule has 0 fully saturated rings. The number of hydrogen-bond acceptors (Lipinski definition) is 4. The highest BCUT2D eigenvalue weighted by atomic mass is 19.4. The minimum absolute atomic E-state index is 0.269. The molecule has 0 radical (unpaired) electrons. The molecule has 0 amide bonds. The molecule has 0 spiro atoms. The van der Waals surface area contributed by atoms with Gasteiger partial charge in [-0.15, -0.1) is 10.2 Å². The Morgan fingerprint density at radius 1 is 1.16 bits per heavy atom. The second-order valence-electron chi connectivity index (χ2n) is 3.93. The summed E-state index contributed by atoms with van der Waals surface area (Å²) in [5.41, 5.74) is 0. The Hall–Kier alpha value is -1.25. The minimum Gasteiger partial charge on any atom is -0.418 e. The number of nitrogens with zero attached hydrogens (tertiary/aromatic N) is 2. The molecule has 0 aromatic carbocycles. The Morgan fingerprint density at radius 3 is 2.26 bits per heavy atom. The molecule has 0 saturated heterocycles. The van der Waals surface area contributed by atoms with Gasteiger partial charge in [-0.3, -0.25) is 0 Å². The average molecular weight is 287 g/mol. The largest absolute Gasteiger partial charge is 0.463 e. The van der Waals surface area contributed by atoms with Crippen LogP contribution in [0.4, 0.5) is 22.0 Å². The van der Waals surface area contributed by atoms with Crippen molar-refractivity contribution in [1.29, 1.82) is 0 Å². The lowest BCUT2D eigenvalue weighted by Gasteiger charge is -2.15. The van der Waals surface area contributed by atoms with Crippen LogP contribution >= 0.6 is 0 Å². The summed E-state index contributed by atoms with van der Waals surface area (Å²) in [4.78, 5) is 0. The molecule has 19 heavy (non-hydrogen) atoms. The van der Waals surface area contributed by atoms with Crippen molar-refractivity contribution in [2.45, 2.75) is 44.8 Å². The number of alkyl halides is 5. The predicted octanol–water partition coefficient (Wildman–Crippen LogP) is 3.17. The molecule has 0 saturated carbocycles. The quantitative estimate of drug-likeness (QED) is 0.816. The van der Waals surface area contributed by atoms with Gasteiger partial charge >= 0.3 is 12.1 Å². The van der Waals surface area contributed by atoms with Crippen LogP contribution in [0.2, 0.25) is 0 Å². The van der Waals surface area contributed by atoms with E-state index in [1.807, 2.05) is 6.92 Å². The van der Waals surface area contributed by atoms with E-state index in [0.717, 1.165) is 6.42 Å². The SMILES string of the molecule is CCCNC(CC)c1nnc(C(F)(F)C(F)(F)F)o1. The lowest BCUT2D eigenvalue weighted by molar-refractivity contribution is -0.297. The van der Waals surface area contributed by atoms with Crippen LogP contribution in [0.15, 0.2) is 4.42 Å². The average Bonchev–Trinajstić information content (AvgIpc) is 2.78. The predicted molar refractivity (Wildman–Crippen MR) is 55.6 cm³/mol. The molecule has 0 bridgehead atoms. The first kappa shape index (κ1) is 15.8. The van der Waals surface area contributed by atoms with E-state index in [1.165, 1.54) is 0 Å². The van der Waals surface area contributed by atoms with Gasteiger partial charge in [0.2, 0.25) is 5.89 Å². The second kappa shape index (κ2) is 5.81. The van der Waals surface area contributed by atoms with E-state index in [9.17, 15) is 22.0 Å². The van der Waals surface area contributed by atoms with Gasteiger partial charge in [0, 0.05) is 0 Å². The summed E-state index contributed by atoms with van der Waals surface area (Å²) in [6.07, 6.45) is -4.55. The van der Waals surface area contributed by atoms with E-state index < -0.39 is 24.0 Å². The summed E-state index contributed by atoms with van der Waals surface area (Å²) in [7, 11) is 0. The van der Waals surface area contributed by atoms with E-state index in [-0.39, 0.29) is 5.89 Å². The van der Waals surface area contributed by atoms with E-state index >= 15 is 0 Å². The smallest absolute Gasteiger partial charge is 0.418 e. The zero-order chi connectivity index (χ0) is 14.7. The molecule has 0 aliphatic carbocycles. The molecule has 1 N–H and O–H groups in total. The maximum Gasteiger partial charge on any atom is 0.463 e. The van der Waals surface area contributed by atoms with Crippen LogP contribution in [-0.2, 0) is 5.92 Å². The number of aromatic nitrogens is 2. The van der Waals surface area contributed by atoms with Crippen molar-refractivity contribution in [1.82, 2.24) is 15.5 Å². The highest BCUT2D eigenvalue weighted by Crippen LogP contribution is 2.43. The summed E-state index contributed by atoms with van der Waals surface area (Å²) in [6, 6.07) is -0.537. The summed E-state index contributed by atoms with van der Waals surface area (Å²) < 4.78 is 66.7. The summed E-state index contributed by atoms with van der Waals surface area (Å²) in [5.74, 6) is -7.14. The first-order chi connectivity index (χ1) is 8.74. The normalized spacial score (nSPS) is 14.7. The van der Waals surface area contributed by atoms with E-state index in [0.29, 0.717) is 13.0 Å². The molecule has 9 heteroatoms. The molecule has 0 aliphatic heterocycles. The molecular formula is C10H14F5N3O. The van der Waals surface area contributed by atoms with Crippen molar-refractivity contribution in [3.63, 3.8) is 0 Å². The third kappa shape index (κ3) is 3.40. The van der Waals surface area contributed by atoms with Gasteiger partial charge in [0.05, 0.1) is 6.04 Å². The number of nitrogens with one attached hydrogen (secondary N) is 1. The van der Waals surface area contributed by atoms with Gasteiger partial charge in [-0.1, -0.05) is 13.8 Å². The molecule has 110 valence electrons. The molecule has 4 nitrogen and oxygen atoms in total. The molecule has 1 heterocycles. The summed E-state index contributed by atoms with van der Waals surface area (Å²) in [6.45, 7) is 4.17. The van der Waals surface area contributed by atoms with E-state index in [2.05, 4.69) is 19.9 Å². The first-order valence-electron chi connectivity index (χ1n) is 5.75. The Bertz CT molecular complexity index is 404. The third-order valence-corrected chi connectivity index (χ3v) is 2.41. The highest BCUT2D eigenvalue weighted by molar-refractivity contribution is 4.98. The molecule has 1 unspecified atom stereocenters. The minimum atomic E-state index is -5.75. The highest BCUT2D eigenvalue weighted by Gasteiger charge is 2.63. The molecule has 1 rings (SSSR count). The number of halogens is 5. The van der Waals surface area contributed by atoms with Crippen LogP contribution in [-0.4, -0.2) is 22.9 Å². The fourth-order valence-corrected chi connectivity index (χ4v) is 1.35. The van der Waals surface area contributed by atoms with Gasteiger partial charge in [-0.25, -0.2) is 0 Å². The molecule has 1 aromatic heterocycles. The van der Waals surface area contributed by atoms with Gasteiger partial charge in [0.1, 0.15) is 0 Å². The van der Waals surface area contributed by atoms with Crippen molar-refractivity contribution in [3.05, 3.63) is 11.8 Å². The third-order valence-electron chi connectivity index (χ3n) is 2.41. The zero-order valence-corrected chi connectivity index (χ0v) is 10.4. The number of hydrogen-bond donors (Lipinski definition) is 1. The monoisotopic (exact) mass is 287 g/mol. The van der Waals surface area contributed by atoms with Crippen LogP contribution < -0.4 is 5.32 Å². The summed E-state index contributed by atoms with van der Waals surface area (Å²) in [5, 5.41) is 8.98. The van der Waals surface area contributed by atoms with Crippen LogP contribution in [0.5, 0.6) is 0 Å². The lowest BCUT2D eigenvalue weighted by atomic mass is 10.2. The van der Waals surface area contributed by atoms with Gasteiger partial charge < -0.3 is 9.73 Å². The van der Waals surface area contributed by atoms with Gasteiger partial charge in [0.25, 0.3) is 5.89 Å². The van der Waals surface area contributed by atoms with Gasteiger partial charge in [-0.2, -0.15) is 22.0 Å². The standard InChI is InChI=1S/C10H14F5N3O/c1-3-5-16-6(4-2)7-17-18-8(19-7)9(11,12)10(13,14)15/h6,16H,3-5H2,1-2H3. The van der Waals surface area contributed by atoms with Crippen molar-refractivity contribution in [2.75, 3.05) is 6.54 Å². The lowest BCUT2D eigenvalue weighted by Crippen LogP contribution is -2.34. The van der Waals surface area contributed by atoms with Crippen molar-refractivity contribution in [2.24, 2.45) is 0 Å². The molecular weight excluding hydrogens is 273 g/mol. The fraction of sp³-hybridized carbons (Fsp3) is 0.800. The van der Waals surface area contributed by atoms with Crippen molar-refractivity contribution in [3.8, 4) is 0 Å². The Balaban J connectivity index is 2.92. The Morgan fingerprint density at radius 2 is 1.79 bits per heavy atom. The van der Waals surface area contributed by atoms with Crippen molar-refractivity contribution < 1.29 is 26.4 Å². The van der Waals surface area contributed by atoms with Crippen molar-refractivity contribution >= 4 is 0 Å². The van der Waals surface area contributed by atoms with E-state index in [4.69, 9.17) is 0 Å². The second-order valence-corrected chi connectivity index (χ2v) is 3.93. The molecule has 1 atom stereocenters. The van der Waals surface area contributed by atoms with Gasteiger partial charge in [0.15, 0.2) is 0 Å². The molecule has 0 aliphatic rings. The Kier molecular flexibility index (Phi) is 4.83. The fourth-order valence-electron chi connectivity index (χ4n) is 1.35. The maximum atomic E-state index is 13.0. The number of rotatable bonds is 6. The van der Waals surface area contributed by atoms with Gasteiger partial charge in [-0.05, 0) is 19.4 Å². The van der Waals surface area contributed by atoms with Crippen LogP contribution in [0.1, 0.15) is 44.5 Å². The maximum absolute atomic E-state index is 13.0.